The van der Waals surface area contributed by atoms with Crippen molar-refractivity contribution >= 4 is 15.5 Å². The Bertz CT molecular complexity index is 697. The lowest BCUT2D eigenvalue weighted by molar-refractivity contribution is 0.597. The fourth-order valence-corrected chi connectivity index (χ4v) is 3.00. The molecule has 0 radical (unpaired) electrons. The van der Waals surface area contributed by atoms with Gasteiger partial charge in [0.1, 0.15) is 0 Å². The highest BCUT2D eigenvalue weighted by Crippen LogP contribution is 2.22. The lowest BCUT2D eigenvalue weighted by Gasteiger charge is -2.12. The van der Waals surface area contributed by atoms with Gasteiger partial charge in [0.05, 0.1) is 16.3 Å². The number of hydrogen-bond donors (Lipinski definition) is 1. The van der Waals surface area contributed by atoms with Crippen molar-refractivity contribution in [3.63, 3.8) is 0 Å². The third-order valence-corrected chi connectivity index (χ3v) is 4.99. The van der Waals surface area contributed by atoms with Crippen LogP contribution in [0.25, 0.3) is 0 Å². The van der Waals surface area contributed by atoms with Crippen LogP contribution in [0.3, 0.4) is 0 Å². The first kappa shape index (κ1) is 14.5. The fraction of sp³-hybridized carbons (Fsp3) is 0.267. The lowest BCUT2D eigenvalue weighted by atomic mass is 10.1. The van der Waals surface area contributed by atoms with Crippen LogP contribution < -0.4 is 5.32 Å². The molecule has 0 bridgehead atoms. The minimum absolute atomic E-state index is 0.0972. The van der Waals surface area contributed by atoms with E-state index in [1.54, 1.807) is 37.5 Å². The maximum atomic E-state index is 12.1. The number of pyridine rings is 1. The Balaban J connectivity index is 2.25. The van der Waals surface area contributed by atoms with E-state index in [-0.39, 0.29) is 5.75 Å². The molecule has 0 amide bonds. The monoisotopic (exact) mass is 290 g/mol. The zero-order chi connectivity index (χ0) is 14.6. The van der Waals surface area contributed by atoms with E-state index < -0.39 is 9.84 Å². The van der Waals surface area contributed by atoms with Crippen molar-refractivity contribution in [1.29, 1.82) is 0 Å². The molecule has 1 N–H and O–H groups in total. The molecule has 0 unspecified atom stereocenters. The van der Waals surface area contributed by atoms with Crippen LogP contribution in [0.5, 0.6) is 0 Å². The standard InChI is InChI=1S/C15H18N2O2S/c1-3-20(18,19)15-7-5-4-6-14(15)17-11-13-8-9-16-10-12(13)2/h4-10,17H,3,11H2,1-2H3. The van der Waals surface area contributed by atoms with E-state index in [0.29, 0.717) is 17.1 Å². The number of nitrogens with one attached hydrogen (secondary N) is 1. The molecule has 0 saturated carbocycles. The Morgan fingerprint density at radius 1 is 1.20 bits per heavy atom. The van der Waals surface area contributed by atoms with Crippen LogP contribution in [0, 0.1) is 6.92 Å². The molecule has 106 valence electrons. The molecular weight excluding hydrogens is 272 g/mol. The summed E-state index contributed by atoms with van der Waals surface area (Å²) in [4.78, 5) is 4.40. The van der Waals surface area contributed by atoms with Gasteiger partial charge in [-0.05, 0) is 36.2 Å². The summed E-state index contributed by atoms with van der Waals surface area (Å²) in [6.07, 6.45) is 3.53. The van der Waals surface area contributed by atoms with Crippen molar-refractivity contribution in [3.05, 3.63) is 53.9 Å². The molecule has 1 heterocycles. The first-order chi connectivity index (χ1) is 9.54. The van der Waals surface area contributed by atoms with E-state index in [1.165, 1.54) is 0 Å². The zero-order valence-corrected chi connectivity index (χ0v) is 12.4. The van der Waals surface area contributed by atoms with Crippen LogP contribution in [0.2, 0.25) is 0 Å². The van der Waals surface area contributed by atoms with Crippen LogP contribution in [-0.2, 0) is 16.4 Å². The Morgan fingerprint density at radius 2 is 1.95 bits per heavy atom. The largest absolute Gasteiger partial charge is 0.380 e. The first-order valence-corrected chi connectivity index (χ1v) is 8.15. The summed E-state index contributed by atoms with van der Waals surface area (Å²) in [6.45, 7) is 4.21. The highest BCUT2D eigenvalue weighted by Gasteiger charge is 2.15. The average Bonchev–Trinajstić information content (AvgIpc) is 2.47. The minimum atomic E-state index is -3.22. The van der Waals surface area contributed by atoms with Crippen LogP contribution in [0.1, 0.15) is 18.1 Å². The first-order valence-electron chi connectivity index (χ1n) is 6.49. The van der Waals surface area contributed by atoms with Gasteiger partial charge in [-0.1, -0.05) is 19.1 Å². The molecule has 0 saturated heterocycles. The topological polar surface area (TPSA) is 59.1 Å². The predicted molar refractivity (Wildman–Crippen MR) is 80.5 cm³/mol. The fourth-order valence-electron chi connectivity index (χ4n) is 1.93. The molecule has 5 heteroatoms. The van der Waals surface area contributed by atoms with Gasteiger partial charge >= 0.3 is 0 Å². The molecule has 2 rings (SSSR count). The second-order valence-electron chi connectivity index (χ2n) is 4.56. The number of anilines is 1. The van der Waals surface area contributed by atoms with Gasteiger partial charge in [0, 0.05) is 18.9 Å². The molecule has 0 spiro atoms. The normalized spacial score (nSPS) is 11.3. The average molecular weight is 290 g/mol. The number of para-hydroxylation sites is 1. The van der Waals surface area contributed by atoms with E-state index in [9.17, 15) is 8.42 Å². The Labute approximate surface area is 119 Å². The van der Waals surface area contributed by atoms with E-state index in [4.69, 9.17) is 0 Å². The minimum Gasteiger partial charge on any atom is -0.380 e. The predicted octanol–water partition coefficient (Wildman–Crippen LogP) is 2.80. The molecule has 0 fully saturated rings. The van der Waals surface area contributed by atoms with Crippen LogP contribution in [0.15, 0.2) is 47.6 Å². The van der Waals surface area contributed by atoms with Crippen molar-refractivity contribution < 1.29 is 8.42 Å². The number of rotatable bonds is 5. The van der Waals surface area contributed by atoms with Gasteiger partial charge in [-0.3, -0.25) is 4.98 Å². The van der Waals surface area contributed by atoms with Crippen molar-refractivity contribution in [3.8, 4) is 0 Å². The molecule has 0 atom stereocenters. The summed E-state index contributed by atoms with van der Waals surface area (Å²) >= 11 is 0. The number of sulfone groups is 1. The number of aromatic nitrogens is 1. The molecule has 0 aliphatic carbocycles. The summed E-state index contributed by atoms with van der Waals surface area (Å²) in [5, 5.41) is 3.20. The second kappa shape index (κ2) is 6.05. The zero-order valence-electron chi connectivity index (χ0n) is 11.6. The number of aryl methyl sites for hydroxylation is 1. The number of hydrogen-bond acceptors (Lipinski definition) is 4. The Morgan fingerprint density at radius 3 is 2.65 bits per heavy atom. The van der Waals surface area contributed by atoms with E-state index in [1.807, 2.05) is 19.1 Å². The molecule has 0 aliphatic rings. The Hall–Kier alpha value is -1.88. The van der Waals surface area contributed by atoms with Gasteiger partial charge in [0.2, 0.25) is 0 Å². The van der Waals surface area contributed by atoms with Crippen molar-refractivity contribution in [2.45, 2.75) is 25.3 Å². The third kappa shape index (κ3) is 3.17. The lowest BCUT2D eigenvalue weighted by Crippen LogP contribution is -2.09. The van der Waals surface area contributed by atoms with E-state index in [0.717, 1.165) is 11.1 Å². The molecule has 1 aromatic carbocycles. The molecule has 4 nitrogen and oxygen atoms in total. The summed E-state index contributed by atoms with van der Waals surface area (Å²) in [5.41, 5.74) is 2.82. The highest BCUT2D eigenvalue weighted by molar-refractivity contribution is 7.91. The SMILES string of the molecule is CCS(=O)(=O)c1ccccc1NCc1ccncc1C. The molecule has 0 aliphatic heterocycles. The summed E-state index contributed by atoms with van der Waals surface area (Å²) in [5.74, 6) is 0.0972. The van der Waals surface area contributed by atoms with Crippen LogP contribution in [-0.4, -0.2) is 19.2 Å². The molecule has 2 aromatic rings. The quantitative estimate of drug-likeness (QED) is 0.920. The number of nitrogens with zero attached hydrogens (tertiary/aromatic N) is 1. The van der Waals surface area contributed by atoms with Gasteiger partial charge in [-0.15, -0.1) is 0 Å². The van der Waals surface area contributed by atoms with E-state index >= 15 is 0 Å². The molecule has 20 heavy (non-hydrogen) atoms. The van der Waals surface area contributed by atoms with Gasteiger partial charge < -0.3 is 5.32 Å². The van der Waals surface area contributed by atoms with Gasteiger partial charge in [0.25, 0.3) is 0 Å². The number of benzene rings is 1. The summed E-state index contributed by atoms with van der Waals surface area (Å²) in [6, 6.07) is 8.93. The van der Waals surface area contributed by atoms with Gasteiger partial charge in [-0.2, -0.15) is 0 Å². The molecule has 1 aromatic heterocycles. The van der Waals surface area contributed by atoms with Crippen molar-refractivity contribution in [1.82, 2.24) is 4.98 Å². The van der Waals surface area contributed by atoms with Crippen molar-refractivity contribution in [2.75, 3.05) is 11.1 Å². The van der Waals surface area contributed by atoms with E-state index in [2.05, 4.69) is 10.3 Å². The van der Waals surface area contributed by atoms with Gasteiger partial charge in [-0.25, -0.2) is 8.42 Å². The van der Waals surface area contributed by atoms with Crippen LogP contribution >= 0.6 is 0 Å². The summed E-state index contributed by atoms with van der Waals surface area (Å²) in [7, 11) is -3.22. The molecular formula is C15H18N2O2S. The van der Waals surface area contributed by atoms with Gasteiger partial charge in [0.15, 0.2) is 9.84 Å². The van der Waals surface area contributed by atoms with Crippen LogP contribution in [0.4, 0.5) is 5.69 Å². The second-order valence-corrected chi connectivity index (χ2v) is 6.80. The van der Waals surface area contributed by atoms with Crippen molar-refractivity contribution in [2.24, 2.45) is 0 Å². The third-order valence-electron chi connectivity index (χ3n) is 3.21. The highest BCUT2D eigenvalue weighted by atomic mass is 32.2. The Kier molecular flexibility index (Phi) is 4.39. The summed E-state index contributed by atoms with van der Waals surface area (Å²) < 4.78 is 24.1. The maximum absolute atomic E-state index is 12.1. The maximum Gasteiger partial charge on any atom is 0.180 e. The smallest absolute Gasteiger partial charge is 0.180 e.